The van der Waals surface area contributed by atoms with Crippen molar-refractivity contribution in [3.8, 4) is 6.07 Å². The Morgan fingerprint density at radius 3 is 2.50 bits per heavy atom. The van der Waals surface area contributed by atoms with Gasteiger partial charge in [0.25, 0.3) is 0 Å². The lowest BCUT2D eigenvalue weighted by atomic mass is 10.2. The van der Waals surface area contributed by atoms with Gasteiger partial charge < -0.3 is 10.2 Å². The molecule has 0 heterocycles. The number of benzene rings is 1. The zero-order chi connectivity index (χ0) is 13.5. The fourth-order valence-electron chi connectivity index (χ4n) is 1.54. The molecular formula is C14H19N3O. The first-order valence-corrected chi connectivity index (χ1v) is 6.04. The van der Waals surface area contributed by atoms with Crippen LogP contribution in [0, 0.1) is 11.3 Å². The molecule has 0 aliphatic rings. The second-order valence-corrected chi connectivity index (χ2v) is 4.47. The second-order valence-electron chi connectivity index (χ2n) is 4.47. The molecule has 96 valence electrons. The largest absolute Gasteiger partial charge is 0.315 e. The van der Waals surface area contributed by atoms with E-state index in [1.165, 1.54) is 0 Å². The predicted molar refractivity (Wildman–Crippen MR) is 72.3 cm³/mol. The number of carbonyl (C=O) groups is 1. The maximum atomic E-state index is 11.9. The summed E-state index contributed by atoms with van der Waals surface area (Å²) in [7, 11) is 1.75. The van der Waals surface area contributed by atoms with Crippen molar-refractivity contribution in [3.05, 3.63) is 29.8 Å². The Morgan fingerprint density at radius 1 is 1.39 bits per heavy atom. The summed E-state index contributed by atoms with van der Waals surface area (Å²) in [5, 5.41) is 11.9. The molecule has 1 aromatic carbocycles. The van der Waals surface area contributed by atoms with Crippen LogP contribution in [0.4, 0.5) is 5.69 Å². The molecule has 0 aliphatic carbocycles. The smallest absolute Gasteiger partial charge is 0.227 e. The molecule has 1 N–H and O–H groups in total. The quantitative estimate of drug-likeness (QED) is 0.862. The Hall–Kier alpha value is -1.86. The van der Waals surface area contributed by atoms with Gasteiger partial charge in [-0.2, -0.15) is 5.26 Å². The van der Waals surface area contributed by atoms with Crippen molar-refractivity contribution in [2.45, 2.75) is 26.3 Å². The summed E-state index contributed by atoms with van der Waals surface area (Å²) in [4.78, 5) is 13.5. The van der Waals surface area contributed by atoms with Gasteiger partial charge >= 0.3 is 0 Å². The van der Waals surface area contributed by atoms with Gasteiger partial charge in [0.05, 0.1) is 11.6 Å². The summed E-state index contributed by atoms with van der Waals surface area (Å²) in [6, 6.07) is 9.44. The van der Waals surface area contributed by atoms with E-state index in [1.54, 1.807) is 36.2 Å². The molecule has 0 spiro atoms. The van der Waals surface area contributed by atoms with E-state index in [0.717, 1.165) is 5.69 Å². The normalized spacial score (nSPS) is 10.2. The van der Waals surface area contributed by atoms with Crippen LogP contribution >= 0.6 is 0 Å². The third-order valence-electron chi connectivity index (χ3n) is 2.65. The molecule has 0 aromatic heterocycles. The standard InChI is InChI=1S/C14H19N3O/c1-11(2)16-9-8-14(18)17(3)13-6-4-12(10-15)5-7-13/h4-7,11,16H,8-9H2,1-3H3. The summed E-state index contributed by atoms with van der Waals surface area (Å²) in [5.41, 5.74) is 1.41. The van der Waals surface area contributed by atoms with Crippen LogP contribution in [-0.2, 0) is 4.79 Å². The van der Waals surface area contributed by atoms with Crippen molar-refractivity contribution in [1.29, 1.82) is 5.26 Å². The fraction of sp³-hybridized carbons (Fsp3) is 0.429. The van der Waals surface area contributed by atoms with Gasteiger partial charge in [0.2, 0.25) is 5.91 Å². The SMILES string of the molecule is CC(C)NCCC(=O)N(C)c1ccc(C#N)cc1. The van der Waals surface area contributed by atoms with E-state index in [9.17, 15) is 4.79 Å². The Kier molecular flexibility index (Phi) is 5.34. The number of amides is 1. The van der Waals surface area contributed by atoms with Gasteiger partial charge in [-0.05, 0) is 24.3 Å². The molecular weight excluding hydrogens is 226 g/mol. The number of nitrogens with zero attached hydrogens (tertiary/aromatic N) is 2. The minimum Gasteiger partial charge on any atom is -0.315 e. The van der Waals surface area contributed by atoms with Crippen LogP contribution in [0.1, 0.15) is 25.8 Å². The maximum Gasteiger partial charge on any atom is 0.227 e. The summed E-state index contributed by atoms with van der Waals surface area (Å²) in [6.45, 7) is 4.78. The Morgan fingerprint density at radius 2 is 2.00 bits per heavy atom. The van der Waals surface area contributed by atoms with Crippen molar-refractivity contribution in [2.24, 2.45) is 0 Å². The lowest BCUT2D eigenvalue weighted by Gasteiger charge is -2.18. The average Bonchev–Trinajstić information content (AvgIpc) is 2.37. The molecule has 0 saturated carbocycles. The summed E-state index contributed by atoms with van der Waals surface area (Å²) >= 11 is 0. The number of rotatable bonds is 5. The third kappa shape index (κ3) is 4.19. The van der Waals surface area contributed by atoms with Crippen LogP contribution in [0.25, 0.3) is 0 Å². The minimum atomic E-state index is 0.0628. The van der Waals surface area contributed by atoms with Crippen molar-refractivity contribution in [3.63, 3.8) is 0 Å². The first kappa shape index (κ1) is 14.2. The van der Waals surface area contributed by atoms with Crippen LogP contribution in [0.3, 0.4) is 0 Å². The number of hydrogen-bond acceptors (Lipinski definition) is 3. The van der Waals surface area contributed by atoms with E-state index in [4.69, 9.17) is 5.26 Å². The van der Waals surface area contributed by atoms with Gasteiger partial charge in [-0.1, -0.05) is 13.8 Å². The zero-order valence-corrected chi connectivity index (χ0v) is 11.1. The number of carbonyl (C=O) groups excluding carboxylic acids is 1. The number of nitrogens with one attached hydrogen (secondary N) is 1. The van der Waals surface area contributed by atoms with E-state index in [2.05, 4.69) is 25.2 Å². The van der Waals surface area contributed by atoms with Crippen LogP contribution in [-0.4, -0.2) is 25.5 Å². The van der Waals surface area contributed by atoms with Gasteiger partial charge in [0, 0.05) is 31.7 Å². The lowest BCUT2D eigenvalue weighted by molar-refractivity contribution is -0.118. The van der Waals surface area contributed by atoms with E-state index in [-0.39, 0.29) is 5.91 Å². The first-order valence-electron chi connectivity index (χ1n) is 6.04. The van der Waals surface area contributed by atoms with Crippen molar-refractivity contribution in [1.82, 2.24) is 5.32 Å². The molecule has 4 heteroatoms. The van der Waals surface area contributed by atoms with E-state index < -0.39 is 0 Å². The number of anilines is 1. The highest BCUT2D eigenvalue weighted by Crippen LogP contribution is 2.14. The molecule has 1 aromatic rings. The molecule has 0 aliphatic heterocycles. The van der Waals surface area contributed by atoms with Crippen LogP contribution in [0.15, 0.2) is 24.3 Å². The van der Waals surface area contributed by atoms with Crippen molar-refractivity contribution >= 4 is 11.6 Å². The fourth-order valence-corrected chi connectivity index (χ4v) is 1.54. The zero-order valence-electron chi connectivity index (χ0n) is 11.1. The molecule has 0 unspecified atom stereocenters. The molecule has 0 saturated heterocycles. The van der Waals surface area contributed by atoms with E-state index >= 15 is 0 Å². The van der Waals surface area contributed by atoms with Crippen LogP contribution in [0.2, 0.25) is 0 Å². The van der Waals surface area contributed by atoms with E-state index in [1.807, 2.05) is 0 Å². The number of nitriles is 1. The molecule has 1 amide bonds. The number of hydrogen-bond donors (Lipinski definition) is 1. The minimum absolute atomic E-state index is 0.0628. The first-order chi connectivity index (χ1) is 8.54. The Labute approximate surface area is 108 Å². The predicted octanol–water partition coefficient (Wildman–Crippen LogP) is 1.91. The summed E-state index contributed by atoms with van der Waals surface area (Å²) in [5.74, 6) is 0.0628. The van der Waals surface area contributed by atoms with E-state index in [0.29, 0.717) is 24.6 Å². The maximum absolute atomic E-state index is 11.9. The van der Waals surface area contributed by atoms with Gasteiger partial charge in [-0.3, -0.25) is 4.79 Å². The third-order valence-corrected chi connectivity index (χ3v) is 2.65. The van der Waals surface area contributed by atoms with Crippen LogP contribution in [0.5, 0.6) is 0 Å². The van der Waals surface area contributed by atoms with Gasteiger partial charge in [0.15, 0.2) is 0 Å². The highest BCUT2D eigenvalue weighted by atomic mass is 16.2. The Balaban J connectivity index is 2.54. The highest BCUT2D eigenvalue weighted by molar-refractivity contribution is 5.92. The molecule has 0 bridgehead atoms. The molecule has 0 radical (unpaired) electrons. The molecule has 1 rings (SSSR count). The Bertz CT molecular complexity index is 431. The second kappa shape index (κ2) is 6.77. The van der Waals surface area contributed by atoms with Gasteiger partial charge in [0.1, 0.15) is 0 Å². The molecule has 18 heavy (non-hydrogen) atoms. The van der Waals surface area contributed by atoms with Crippen molar-refractivity contribution < 1.29 is 4.79 Å². The highest BCUT2D eigenvalue weighted by Gasteiger charge is 2.10. The average molecular weight is 245 g/mol. The van der Waals surface area contributed by atoms with Crippen LogP contribution < -0.4 is 10.2 Å². The molecule has 4 nitrogen and oxygen atoms in total. The lowest BCUT2D eigenvalue weighted by Crippen LogP contribution is -2.31. The van der Waals surface area contributed by atoms with Crippen molar-refractivity contribution in [2.75, 3.05) is 18.5 Å². The topological polar surface area (TPSA) is 56.1 Å². The molecule has 0 atom stereocenters. The van der Waals surface area contributed by atoms with Gasteiger partial charge in [-0.15, -0.1) is 0 Å². The molecule has 0 fully saturated rings. The summed E-state index contributed by atoms with van der Waals surface area (Å²) in [6.07, 6.45) is 0.467. The van der Waals surface area contributed by atoms with Gasteiger partial charge in [-0.25, -0.2) is 0 Å². The summed E-state index contributed by atoms with van der Waals surface area (Å²) < 4.78 is 0. The monoisotopic (exact) mass is 245 g/mol.